The minimum Gasteiger partial charge on any atom is -0.492 e. The number of likely N-dealkylation sites (tertiary alicyclic amines) is 1. The van der Waals surface area contributed by atoms with Crippen molar-refractivity contribution in [2.24, 2.45) is 16.7 Å². The number of nitrogens with zero attached hydrogens (tertiary/aromatic N) is 7. The van der Waals surface area contributed by atoms with Crippen LogP contribution in [0.3, 0.4) is 0 Å². The highest BCUT2D eigenvalue weighted by Gasteiger charge is 2.64. The number of fused-ring (bicyclic) bond motifs is 1. The number of ether oxygens (including phenoxy) is 2. The monoisotopic (exact) mass is 1080 g/mol. The number of aryl methyl sites for hydroxylation is 1. The minimum atomic E-state index is -4.72. The highest BCUT2D eigenvalue weighted by atomic mass is 32.1. The van der Waals surface area contributed by atoms with Crippen molar-refractivity contribution in [3.05, 3.63) is 124 Å². The quantitative estimate of drug-likeness (QED) is 0.0884. The van der Waals surface area contributed by atoms with Gasteiger partial charge in [-0.05, 0) is 66.4 Å². The number of aliphatic hydroxyl groups excluding tert-OH is 1. The summed E-state index contributed by atoms with van der Waals surface area (Å²) in [7, 11) is 0. The Morgan fingerprint density at radius 2 is 1.71 bits per heavy atom. The largest absolute Gasteiger partial charge is 0.492 e. The third kappa shape index (κ3) is 11.1. The fraction of sp³-hybridized carbons (Fsp3) is 0.456. The van der Waals surface area contributed by atoms with E-state index in [1.165, 1.54) is 22.3 Å². The SMILES string of the molecule is Cc1ncsc1-c1ccc(CNC(=O)[C@@H]2C[C@@H](O)CN2C(=O)[C@H](C(C)C)N2Cc3ccccc3C2=O)c(OCCN2CCN(c3ccc(C(=O)NC4C(C)(C)C(Oc5ccc(C#N)c(C(F)(F)F)c5)C4(C)C)cn3)CC2)c1. The Labute approximate surface area is 450 Å². The van der Waals surface area contributed by atoms with Crippen molar-refractivity contribution >= 4 is 40.8 Å². The van der Waals surface area contributed by atoms with Crippen LogP contribution in [-0.4, -0.2) is 130 Å². The zero-order valence-electron chi connectivity index (χ0n) is 44.2. The molecule has 1 saturated carbocycles. The predicted molar refractivity (Wildman–Crippen MR) is 283 cm³/mol. The van der Waals surface area contributed by atoms with Gasteiger partial charge in [-0.2, -0.15) is 18.4 Å². The molecule has 77 heavy (non-hydrogen) atoms. The Hall–Kier alpha value is -7.08. The van der Waals surface area contributed by atoms with E-state index >= 15 is 0 Å². The number of β-amino-alcohol motifs (C(OH)–C–C–N with tert-alkyl or cyclic N) is 1. The van der Waals surface area contributed by atoms with Gasteiger partial charge < -0.3 is 39.9 Å². The predicted octanol–water partition coefficient (Wildman–Crippen LogP) is 7.48. The van der Waals surface area contributed by atoms with Gasteiger partial charge in [0.1, 0.15) is 42.1 Å². The molecule has 0 unspecified atom stereocenters. The van der Waals surface area contributed by atoms with Gasteiger partial charge in [-0.15, -0.1) is 11.3 Å². The Kier molecular flexibility index (Phi) is 15.4. The van der Waals surface area contributed by atoms with E-state index in [1.54, 1.807) is 40.9 Å². The van der Waals surface area contributed by atoms with Crippen LogP contribution < -0.4 is 25.0 Å². The van der Waals surface area contributed by atoms with Crippen LogP contribution in [0.25, 0.3) is 10.4 Å². The second kappa shape index (κ2) is 21.7. The Balaban J connectivity index is 0.780. The number of carbonyl (C=O) groups is 4. The summed E-state index contributed by atoms with van der Waals surface area (Å²) in [4.78, 5) is 73.0. The van der Waals surface area contributed by atoms with E-state index in [-0.39, 0.29) is 54.9 Å². The zero-order chi connectivity index (χ0) is 55.1. The summed E-state index contributed by atoms with van der Waals surface area (Å²) in [6.07, 6.45) is -4.56. The number of pyridine rings is 1. The third-order valence-corrected chi connectivity index (χ3v) is 16.6. The molecule has 3 aliphatic heterocycles. The molecule has 9 rings (SSSR count). The lowest BCUT2D eigenvalue weighted by Crippen LogP contribution is -2.74. The number of nitrogens with one attached hydrogen (secondary N) is 2. The van der Waals surface area contributed by atoms with Crippen LogP contribution in [-0.2, 0) is 28.9 Å². The van der Waals surface area contributed by atoms with E-state index < -0.39 is 58.3 Å². The summed E-state index contributed by atoms with van der Waals surface area (Å²) in [6.45, 7) is 17.5. The second-order valence-electron chi connectivity index (χ2n) is 21.9. The lowest BCUT2D eigenvalue weighted by molar-refractivity contribution is -0.164. The maximum absolute atomic E-state index is 14.3. The average molecular weight is 1080 g/mol. The van der Waals surface area contributed by atoms with E-state index in [9.17, 15) is 42.7 Å². The molecule has 0 radical (unpaired) electrons. The molecule has 406 valence electrons. The number of aliphatic hydroxyl groups is 1. The molecule has 5 aromatic rings. The van der Waals surface area contributed by atoms with E-state index in [2.05, 4.69) is 30.4 Å². The molecule has 16 nitrogen and oxygen atoms in total. The van der Waals surface area contributed by atoms with Gasteiger partial charge >= 0.3 is 6.18 Å². The topological polar surface area (TPSA) is 194 Å². The fourth-order valence-corrected chi connectivity index (χ4v) is 12.7. The number of thiazole rings is 1. The number of hydrogen-bond acceptors (Lipinski definition) is 13. The highest BCUT2D eigenvalue weighted by Crippen LogP contribution is 2.56. The van der Waals surface area contributed by atoms with Gasteiger partial charge in [-0.1, -0.05) is 71.9 Å². The third-order valence-electron chi connectivity index (χ3n) is 15.6. The molecule has 0 spiro atoms. The number of aromatic nitrogens is 2. The van der Waals surface area contributed by atoms with Crippen LogP contribution in [0, 0.1) is 35.0 Å². The number of piperazine rings is 1. The van der Waals surface area contributed by atoms with Crippen LogP contribution in [0.5, 0.6) is 11.5 Å². The van der Waals surface area contributed by atoms with Crippen LogP contribution in [0.2, 0.25) is 0 Å². The summed E-state index contributed by atoms with van der Waals surface area (Å²) in [5.74, 6) is -0.269. The number of carbonyl (C=O) groups excluding carboxylic acids is 4. The Morgan fingerprint density at radius 1 is 0.974 bits per heavy atom. The Morgan fingerprint density at radius 3 is 2.36 bits per heavy atom. The number of benzene rings is 3. The summed E-state index contributed by atoms with van der Waals surface area (Å²) in [5, 5.41) is 26.2. The van der Waals surface area contributed by atoms with Crippen LogP contribution in [0.4, 0.5) is 19.0 Å². The van der Waals surface area contributed by atoms with Crippen molar-refractivity contribution in [1.82, 2.24) is 35.3 Å². The van der Waals surface area contributed by atoms with Gasteiger partial charge in [0.25, 0.3) is 11.8 Å². The maximum Gasteiger partial charge on any atom is 0.417 e. The first-order valence-electron chi connectivity index (χ1n) is 25.9. The number of anilines is 1. The first-order chi connectivity index (χ1) is 36.6. The molecule has 1 aliphatic carbocycles. The molecule has 20 heteroatoms. The minimum absolute atomic E-state index is 0.00613. The number of amides is 4. The molecular weight excluding hydrogens is 1010 g/mol. The number of alkyl halides is 3. The smallest absolute Gasteiger partial charge is 0.417 e. The summed E-state index contributed by atoms with van der Waals surface area (Å²) in [5.41, 5.74) is 3.25. The van der Waals surface area contributed by atoms with E-state index in [0.29, 0.717) is 49.7 Å². The van der Waals surface area contributed by atoms with Crippen molar-refractivity contribution in [2.45, 2.75) is 104 Å². The van der Waals surface area contributed by atoms with Crippen molar-refractivity contribution in [3.63, 3.8) is 0 Å². The van der Waals surface area contributed by atoms with Gasteiger partial charge in [0.15, 0.2) is 0 Å². The van der Waals surface area contributed by atoms with E-state index in [4.69, 9.17) is 9.47 Å². The van der Waals surface area contributed by atoms with Gasteiger partial charge in [0, 0.05) is 93.0 Å². The lowest BCUT2D eigenvalue weighted by atomic mass is 9.49. The van der Waals surface area contributed by atoms with Crippen LogP contribution in [0.15, 0.2) is 84.5 Å². The van der Waals surface area contributed by atoms with Crippen LogP contribution in [0.1, 0.15) is 96.6 Å². The maximum atomic E-state index is 14.3. The summed E-state index contributed by atoms with van der Waals surface area (Å²) in [6, 6.07) is 19.5. The zero-order valence-corrected chi connectivity index (χ0v) is 45.0. The normalized spacial score (nSPS) is 21.3. The molecule has 4 amide bonds. The van der Waals surface area contributed by atoms with Crippen molar-refractivity contribution in [1.29, 1.82) is 5.26 Å². The number of hydrogen-bond donors (Lipinski definition) is 3. The molecule has 3 aromatic carbocycles. The van der Waals surface area contributed by atoms with Crippen molar-refractivity contribution in [2.75, 3.05) is 50.8 Å². The average Bonchev–Trinajstić information content (AvgIpc) is 4.12. The molecule has 0 bridgehead atoms. The number of nitriles is 1. The summed E-state index contributed by atoms with van der Waals surface area (Å²) >= 11 is 1.52. The molecular formula is C57H64F3N9O7S. The first kappa shape index (κ1) is 54.7. The van der Waals surface area contributed by atoms with Gasteiger partial charge in [-0.3, -0.25) is 24.1 Å². The van der Waals surface area contributed by atoms with Gasteiger partial charge in [0.05, 0.1) is 44.9 Å². The van der Waals surface area contributed by atoms with Crippen molar-refractivity contribution in [3.8, 4) is 28.0 Å². The number of rotatable bonds is 16. The highest BCUT2D eigenvalue weighted by molar-refractivity contribution is 7.13. The lowest BCUT2D eigenvalue weighted by Gasteiger charge is -2.63. The fourth-order valence-electron chi connectivity index (χ4n) is 11.9. The number of halogens is 3. The molecule has 4 aliphatic rings. The molecule has 2 saturated heterocycles. The first-order valence-corrected chi connectivity index (χ1v) is 26.8. The van der Waals surface area contributed by atoms with Crippen LogP contribution >= 0.6 is 11.3 Å². The molecule has 5 heterocycles. The second-order valence-corrected chi connectivity index (χ2v) is 22.8. The van der Waals surface area contributed by atoms with E-state index in [1.807, 2.05) is 84.9 Å². The molecule has 3 fully saturated rings. The summed E-state index contributed by atoms with van der Waals surface area (Å²) < 4.78 is 53.7. The standard InChI is InChI=1S/C57H64F3N9O7S/c1-33(2)47(69-30-39-10-8-9-11-42(39)51(69)73)52(74)68-31-40(70)25-44(68)50(72)63-28-37-13-12-35(48-34(3)64-32-77-48)24-45(37)75-23-22-66-18-20-67(21-19-66)46-17-15-38(29-62-46)49(71)65-53-55(4,5)54(56(53,6)7)76-41-16-14-36(27-61)43(26-41)57(58,59)60/h8-17,24,26,29,32-33,40,44,47,53-54,70H,18-23,25,28,30-31H2,1-7H3,(H,63,72)(H,65,71)/t40-,44+,47+,53?,54?/m1/s1. The van der Waals surface area contributed by atoms with Gasteiger partial charge in [0.2, 0.25) is 11.8 Å². The molecule has 2 aromatic heterocycles. The van der Waals surface area contributed by atoms with E-state index in [0.717, 1.165) is 58.3 Å². The van der Waals surface area contributed by atoms with Crippen molar-refractivity contribution < 1.29 is 46.9 Å². The molecule has 3 atom stereocenters. The molecule has 3 N–H and O–H groups in total. The van der Waals surface area contributed by atoms with Gasteiger partial charge in [-0.25, -0.2) is 9.97 Å². The Bertz CT molecular complexity index is 3060.